The van der Waals surface area contributed by atoms with Gasteiger partial charge in [-0.25, -0.2) is 0 Å². The molecule has 1 saturated heterocycles. The first-order valence-corrected chi connectivity index (χ1v) is 7.33. The van der Waals surface area contributed by atoms with Gasteiger partial charge in [0, 0.05) is 25.3 Å². The highest BCUT2D eigenvalue weighted by Crippen LogP contribution is 2.14. The molecule has 1 aliphatic heterocycles. The molecule has 0 radical (unpaired) electrons. The van der Waals surface area contributed by atoms with E-state index >= 15 is 0 Å². The van der Waals surface area contributed by atoms with E-state index in [0.29, 0.717) is 32.8 Å². The van der Waals surface area contributed by atoms with Crippen LogP contribution >= 0.6 is 0 Å². The summed E-state index contributed by atoms with van der Waals surface area (Å²) in [6.45, 7) is 5.91. The minimum absolute atomic E-state index is 0.00522. The van der Waals surface area contributed by atoms with Crippen LogP contribution in [0.4, 0.5) is 13.2 Å². The Morgan fingerprint density at radius 2 is 2.18 bits per heavy atom. The molecule has 22 heavy (non-hydrogen) atoms. The Balaban J connectivity index is 1.73. The van der Waals surface area contributed by atoms with Crippen molar-refractivity contribution in [2.75, 3.05) is 39.5 Å². The molecule has 2 rings (SSSR count). The molecule has 0 saturated carbocycles. The molecule has 0 bridgehead atoms. The summed E-state index contributed by atoms with van der Waals surface area (Å²) in [5.74, 6) is 0. The summed E-state index contributed by atoms with van der Waals surface area (Å²) >= 11 is 0. The number of hydrogen-bond donors (Lipinski definition) is 0. The Bertz CT molecular complexity index is 476. The number of hydrogen-bond acceptors (Lipinski definition) is 4. The maximum absolute atomic E-state index is 12.0. The summed E-state index contributed by atoms with van der Waals surface area (Å²) < 4.78 is 48.3. The summed E-state index contributed by atoms with van der Waals surface area (Å²) in [4.78, 5) is 2.07. The van der Waals surface area contributed by atoms with Crippen LogP contribution in [0.15, 0.2) is 6.07 Å². The summed E-state index contributed by atoms with van der Waals surface area (Å²) in [6, 6.07) is 2.01. The van der Waals surface area contributed by atoms with Crippen LogP contribution in [-0.2, 0) is 16.0 Å². The highest BCUT2D eigenvalue weighted by Gasteiger charge is 2.27. The third-order valence-electron chi connectivity index (χ3n) is 3.52. The van der Waals surface area contributed by atoms with Crippen LogP contribution in [0.2, 0.25) is 0 Å². The van der Waals surface area contributed by atoms with E-state index in [-0.39, 0.29) is 12.7 Å². The van der Waals surface area contributed by atoms with E-state index in [4.69, 9.17) is 4.74 Å². The topological polar surface area (TPSA) is 39.5 Å². The van der Waals surface area contributed by atoms with Gasteiger partial charge in [0.15, 0.2) is 0 Å². The number of alkyl halides is 3. The number of rotatable bonds is 6. The van der Waals surface area contributed by atoms with E-state index < -0.39 is 12.8 Å². The molecular formula is C14H22F3N3O2. The number of halogens is 3. The monoisotopic (exact) mass is 321 g/mol. The van der Waals surface area contributed by atoms with Gasteiger partial charge in [-0.15, -0.1) is 0 Å². The number of aromatic nitrogens is 2. The van der Waals surface area contributed by atoms with E-state index in [1.807, 2.05) is 24.6 Å². The smallest absolute Gasteiger partial charge is 0.374 e. The van der Waals surface area contributed by atoms with E-state index in [1.54, 1.807) is 0 Å². The Kier molecular flexibility index (Phi) is 5.82. The van der Waals surface area contributed by atoms with E-state index in [2.05, 4.69) is 14.7 Å². The number of nitrogens with zero attached hydrogens (tertiary/aromatic N) is 3. The molecule has 0 spiro atoms. The van der Waals surface area contributed by atoms with Gasteiger partial charge in [0.1, 0.15) is 6.61 Å². The molecule has 1 aromatic rings. The van der Waals surface area contributed by atoms with Crippen molar-refractivity contribution in [1.82, 2.24) is 14.7 Å². The normalized spacial score (nSPS) is 20.5. The van der Waals surface area contributed by atoms with Crippen LogP contribution in [0.3, 0.4) is 0 Å². The molecule has 0 aliphatic carbocycles. The van der Waals surface area contributed by atoms with Gasteiger partial charge in [-0.1, -0.05) is 0 Å². The summed E-state index contributed by atoms with van der Waals surface area (Å²) in [6.07, 6.45) is -4.27. The molecule has 126 valence electrons. The Labute approximate surface area is 128 Å². The zero-order chi connectivity index (χ0) is 16.2. The van der Waals surface area contributed by atoms with E-state index in [0.717, 1.165) is 11.4 Å². The number of morpholine rings is 1. The third-order valence-corrected chi connectivity index (χ3v) is 3.52. The number of ether oxygens (including phenoxy) is 2. The van der Waals surface area contributed by atoms with Crippen molar-refractivity contribution in [3.8, 4) is 0 Å². The highest BCUT2D eigenvalue weighted by atomic mass is 19.4. The SMILES string of the molecule is Cc1cc(C)n(CC2CN(CCOCC(F)(F)F)CCO2)n1. The van der Waals surface area contributed by atoms with E-state index in [1.165, 1.54) is 0 Å². The van der Waals surface area contributed by atoms with Gasteiger partial charge >= 0.3 is 6.18 Å². The quantitative estimate of drug-likeness (QED) is 0.749. The maximum atomic E-state index is 12.0. The minimum atomic E-state index is -4.26. The summed E-state index contributed by atoms with van der Waals surface area (Å²) in [7, 11) is 0. The van der Waals surface area contributed by atoms with Gasteiger partial charge in [0.2, 0.25) is 0 Å². The first kappa shape index (κ1) is 17.2. The highest BCUT2D eigenvalue weighted by molar-refractivity contribution is 5.06. The molecule has 8 heteroatoms. The van der Waals surface area contributed by atoms with Gasteiger partial charge in [-0.05, 0) is 19.9 Å². The van der Waals surface area contributed by atoms with E-state index in [9.17, 15) is 13.2 Å². The fourth-order valence-corrected chi connectivity index (χ4v) is 2.53. The van der Waals surface area contributed by atoms with Crippen molar-refractivity contribution in [2.45, 2.75) is 32.7 Å². The predicted molar refractivity (Wildman–Crippen MR) is 74.8 cm³/mol. The Morgan fingerprint density at radius 3 is 2.82 bits per heavy atom. The second kappa shape index (κ2) is 7.43. The second-order valence-electron chi connectivity index (χ2n) is 5.57. The Morgan fingerprint density at radius 1 is 1.41 bits per heavy atom. The molecule has 5 nitrogen and oxygen atoms in total. The molecule has 2 heterocycles. The summed E-state index contributed by atoms with van der Waals surface area (Å²) in [5, 5.41) is 4.40. The van der Waals surface area contributed by atoms with Crippen molar-refractivity contribution in [3.05, 3.63) is 17.5 Å². The lowest BCUT2D eigenvalue weighted by Crippen LogP contribution is -2.45. The van der Waals surface area contributed by atoms with Crippen molar-refractivity contribution < 1.29 is 22.6 Å². The minimum Gasteiger partial charge on any atom is -0.374 e. The van der Waals surface area contributed by atoms with Crippen molar-refractivity contribution >= 4 is 0 Å². The van der Waals surface area contributed by atoms with Crippen LogP contribution in [0.25, 0.3) is 0 Å². The summed E-state index contributed by atoms with van der Waals surface area (Å²) in [5.41, 5.74) is 2.04. The predicted octanol–water partition coefficient (Wildman–Crippen LogP) is 1.78. The fourth-order valence-electron chi connectivity index (χ4n) is 2.53. The molecule has 0 N–H and O–H groups in total. The van der Waals surface area contributed by atoms with Crippen molar-refractivity contribution in [2.24, 2.45) is 0 Å². The lowest BCUT2D eigenvalue weighted by atomic mass is 10.2. The molecule has 1 aliphatic rings. The first-order valence-electron chi connectivity index (χ1n) is 7.33. The largest absolute Gasteiger partial charge is 0.411 e. The van der Waals surface area contributed by atoms with Crippen LogP contribution < -0.4 is 0 Å². The lowest BCUT2D eigenvalue weighted by Gasteiger charge is -2.33. The van der Waals surface area contributed by atoms with Gasteiger partial charge in [0.05, 0.1) is 31.6 Å². The first-order chi connectivity index (χ1) is 10.3. The van der Waals surface area contributed by atoms with Crippen LogP contribution in [0, 0.1) is 13.8 Å². The van der Waals surface area contributed by atoms with Gasteiger partial charge < -0.3 is 9.47 Å². The standard InChI is InChI=1S/C14H22F3N3O2/c1-11-7-12(2)20(18-11)9-13-8-19(4-6-22-13)3-5-21-10-14(15,16)17/h7,13H,3-6,8-10H2,1-2H3. The molecule has 1 aromatic heterocycles. The van der Waals surface area contributed by atoms with Crippen LogP contribution in [-0.4, -0.2) is 66.4 Å². The molecule has 1 atom stereocenters. The third kappa shape index (κ3) is 5.58. The molecule has 1 unspecified atom stereocenters. The molecule has 1 fully saturated rings. The molecular weight excluding hydrogens is 299 g/mol. The lowest BCUT2D eigenvalue weighted by molar-refractivity contribution is -0.175. The fraction of sp³-hybridized carbons (Fsp3) is 0.786. The van der Waals surface area contributed by atoms with Crippen molar-refractivity contribution in [3.63, 3.8) is 0 Å². The van der Waals surface area contributed by atoms with Crippen molar-refractivity contribution in [1.29, 1.82) is 0 Å². The van der Waals surface area contributed by atoms with Gasteiger partial charge in [0.25, 0.3) is 0 Å². The second-order valence-corrected chi connectivity index (χ2v) is 5.57. The zero-order valence-corrected chi connectivity index (χ0v) is 12.9. The van der Waals surface area contributed by atoms with Gasteiger partial charge in [-0.2, -0.15) is 18.3 Å². The molecule has 0 aromatic carbocycles. The zero-order valence-electron chi connectivity index (χ0n) is 12.9. The van der Waals surface area contributed by atoms with Crippen LogP contribution in [0.1, 0.15) is 11.4 Å². The average molecular weight is 321 g/mol. The Hall–Kier alpha value is -1.12. The van der Waals surface area contributed by atoms with Gasteiger partial charge in [-0.3, -0.25) is 9.58 Å². The molecule has 0 amide bonds. The maximum Gasteiger partial charge on any atom is 0.411 e. The number of aryl methyl sites for hydroxylation is 2. The average Bonchev–Trinajstić information content (AvgIpc) is 2.72. The van der Waals surface area contributed by atoms with Crippen LogP contribution in [0.5, 0.6) is 0 Å².